The van der Waals surface area contributed by atoms with E-state index in [1.54, 1.807) is 37.4 Å². The van der Waals surface area contributed by atoms with Crippen LogP contribution in [0.15, 0.2) is 40.9 Å². The van der Waals surface area contributed by atoms with Gasteiger partial charge >= 0.3 is 0 Å². The molecule has 0 atom stereocenters. The number of anilines is 2. The minimum absolute atomic E-state index is 0. The molecule has 1 aliphatic carbocycles. The summed E-state index contributed by atoms with van der Waals surface area (Å²) >= 11 is 5.89. The van der Waals surface area contributed by atoms with E-state index in [1.807, 2.05) is 7.05 Å². The van der Waals surface area contributed by atoms with E-state index in [4.69, 9.17) is 25.5 Å². The average Bonchev–Trinajstić information content (AvgIpc) is 3.25. The molecule has 0 bridgehead atoms. The normalized spacial score (nSPS) is 16.8. The Kier molecular flexibility index (Phi) is 11.9. The van der Waals surface area contributed by atoms with Gasteiger partial charge in [-0.05, 0) is 57.0 Å². The minimum Gasteiger partial charge on any atom is -0.490 e. The van der Waals surface area contributed by atoms with Crippen molar-refractivity contribution < 1.29 is 23.5 Å². The van der Waals surface area contributed by atoms with Crippen molar-refractivity contribution in [3.05, 3.63) is 47.3 Å². The van der Waals surface area contributed by atoms with E-state index < -0.39 is 5.91 Å². The summed E-state index contributed by atoms with van der Waals surface area (Å²) in [6.45, 7) is 0.693. The highest BCUT2D eigenvalue weighted by Gasteiger charge is 2.30. The largest absolute Gasteiger partial charge is 0.490 e. The first-order valence-electron chi connectivity index (χ1n) is 11.6. The first-order chi connectivity index (χ1) is 17.0. The molecule has 1 aliphatic rings. The molecule has 0 radical (unpaired) electrons. The zero-order valence-electron chi connectivity index (χ0n) is 20.5. The molecule has 1 saturated carbocycles. The Morgan fingerprint density at radius 3 is 2.49 bits per heavy atom. The standard InChI is InChI=1S/C25H29ClN4O5.2ClH/c1-27-17-9-6-15(7-10-17)24(31)30-22-21-18(34-13-12-33-2)4-3-5-19(21)35-23(22)25(32)29-20-11-8-16(26)14-28-20;;/h3-5,8,11,14-15,17,27H,6-7,9-10,12-13H2,1-2H3,(H,30,31)(H,28,29,32);2*1H/t15-,17-;;. The van der Waals surface area contributed by atoms with Gasteiger partial charge in [0.1, 0.15) is 29.4 Å². The van der Waals surface area contributed by atoms with E-state index in [1.165, 1.54) is 6.20 Å². The lowest BCUT2D eigenvalue weighted by atomic mass is 9.85. The summed E-state index contributed by atoms with van der Waals surface area (Å²) in [5, 5.41) is 9.93. The first kappa shape index (κ1) is 30.7. The van der Waals surface area contributed by atoms with Crippen molar-refractivity contribution in [3.8, 4) is 5.75 Å². The van der Waals surface area contributed by atoms with E-state index in [2.05, 4.69) is 20.9 Å². The molecular formula is C25H31Cl3N4O5. The quantitative estimate of drug-likeness (QED) is 0.297. The van der Waals surface area contributed by atoms with Gasteiger partial charge in [0.05, 0.1) is 17.0 Å². The Labute approximate surface area is 232 Å². The van der Waals surface area contributed by atoms with Crippen molar-refractivity contribution in [2.75, 3.05) is 38.0 Å². The summed E-state index contributed by atoms with van der Waals surface area (Å²) < 4.78 is 16.9. The van der Waals surface area contributed by atoms with Crippen LogP contribution in [0.4, 0.5) is 11.5 Å². The average molecular weight is 574 g/mol. The molecule has 0 spiro atoms. The van der Waals surface area contributed by atoms with Gasteiger partial charge in [0, 0.05) is 25.3 Å². The Bertz CT molecular complexity index is 1180. The molecule has 3 N–H and O–H groups in total. The predicted molar refractivity (Wildman–Crippen MR) is 149 cm³/mol. The van der Waals surface area contributed by atoms with E-state index >= 15 is 0 Å². The lowest BCUT2D eigenvalue weighted by Crippen LogP contribution is -2.34. The van der Waals surface area contributed by atoms with Crippen LogP contribution in [0.2, 0.25) is 5.02 Å². The summed E-state index contributed by atoms with van der Waals surface area (Å²) in [5.74, 6) is -0.0855. The maximum Gasteiger partial charge on any atom is 0.294 e. The van der Waals surface area contributed by atoms with Crippen LogP contribution in [0.3, 0.4) is 0 Å². The monoisotopic (exact) mass is 572 g/mol. The minimum atomic E-state index is -0.548. The van der Waals surface area contributed by atoms with Gasteiger partial charge in [0.15, 0.2) is 0 Å². The van der Waals surface area contributed by atoms with E-state index in [-0.39, 0.29) is 48.1 Å². The zero-order valence-corrected chi connectivity index (χ0v) is 22.9. The number of pyridine rings is 1. The van der Waals surface area contributed by atoms with Gasteiger partial charge in [-0.3, -0.25) is 9.59 Å². The highest BCUT2D eigenvalue weighted by Crippen LogP contribution is 2.39. The summed E-state index contributed by atoms with van der Waals surface area (Å²) in [6.07, 6.45) is 4.80. The summed E-state index contributed by atoms with van der Waals surface area (Å²) in [4.78, 5) is 30.6. The number of fused-ring (bicyclic) bond motifs is 1. The second-order valence-corrected chi connectivity index (χ2v) is 8.86. The predicted octanol–water partition coefficient (Wildman–Crippen LogP) is 5.32. The van der Waals surface area contributed by atoms with Gasteiger partial charge in [0.2, 0.25) is 11.7 Å². The number of aromatic nitrogens is 1. The van der Waals surface area contributed by atoms with Gasteiger partial charge in [-0.15, -0.1) is 24.8 Å². The number of rotatable bonds is 9. The van der Waals surface area contributed by atoms with Crippen LogP contribution in [0.1, 0.15) is 36.2 Å². The van der Waals surface area contributed by atoms with Crippen LogP contribution in [-0.4, -0.2) is 50.2 Å². The first-order valence-corrected chi connectivity index (χ1v) is 12.0. The number of hydrogen-bond donors (Lipinski definition) is 3. The summed E-state index contributed by atoms with van der Waals surface area (Å²) in [6, 6.07) is 8.88. The fraction of sp³-hybridized carbons (Fsp3) is 0.400. The molecule has 2 amide bonds. The second-order valence-electron chi connectivity index (χ2n) is 8.42. The lowest BCUT2D eigenvalue weighted by Gasteiger charge is -2.27. The van der Waals surface area contributed by atoms with Crippen molar-refractivity contribution in [1.29, 1.82) is 0 Å². The van der Waals surface area contributed by atoms with E-state index in [0.717, 1.165) is 25.7 Å². The third-order valence-corrected chi connectivity index (χ3v) is 6.38. The third-order valence-electron chi connectivity index (χ3n) is 6.15. The Morgan fingerprint density at radius 1 is 1.08 bits per heavy atom. The highest BCUT2D eigenvalue weighted by molar-refractivity contribution is 6.30. The highest BCUT2D eigenvalue weighted by atomic mass is 35.5. The molecule has 202 valence electrons. The molecule has 0 unspecified atom stereocenters. The fourth-order valence-corrected chi connectivity index (χ4v) is 4.36. The number of nitrogens with one attached hydrogen (secondary N) is 3. The van der Waals surface area contributed by atoms with Gasteiger partial charge in [-0.25, -0.2) is 4.98 Å². The van der Waals surface area contributed by atoms with E-state index in [9.17, 15) is 9.59 Å². The Hall–Kier alpha value is -2.56. The molecule has 4 rings (SSSR count). The lowest BCUT2D eigenvalue weighted by molar-refractivity contribution is -0.120. The number of furan rings is 1. The number of halogens is 3. The third kappa shape index (κ3) is 7.49. The summed E-state index contributed by atoms with van der Waals surface area (Å²) in [5.41, 5.74) is 0.698. The summed E-state index contributed by atoms with van der Waals surface area (Å²) in [7, 11) is 3.53. The molecule has 37 heavy (non-hydrogen) atoms. The van der Waals surface area contributed by atoms with Crippen molar-refractivity contribution in [2.45, 2.75) is 31.7 Å². The van der Waals surface area contributed by atoms with Crippen LogP contribution < -0.4 is 20.7 Å². The smallest absolute Gasteiger partial charge is 0.294 e. The number of ether oxygens (including phenoxy) is 2. The van der Waals surface area contributed by atoms with Crippen molar-refractivity contribution >= 4 is 70.7 Å². The maximum absolute atomic E-state index is 13.3. The topological polar surface area (TPSA) is 115 Å². The molecule has 3 aromatic rings. The maximum atomic E-state index is 13.3. The van der Waals surface area contributed by atoms with Crippen molar-refractivity contribution in [3.63, 3.8) is 0 Å². The number of carbonyl (C=O) groups is 2. The van der Waals surface area contributed by atoms with Crippen molar-refractivity contribution in [2.24, 2.45) is 5.92 Å². The van der Waals surface area contributed by atoms with Gasteiger partial charge in [-0.1, -0.05) is 17.7 Å². The van der Waals surface area contributed by atoms with E-state index in [0.29, 0.717) is 46.8 Å². The van der Waals surface area contributed by atoms with Crippen LogP contribution in [0, 0.1) is 5.92 Å². The molecule has 2 heterocycles. The van der Waals surface area contributed by atoms with Crippen LogP contribution in [0.25, 0.3) is 11.0 Å². The molecule has 0 aliphatic heterocycles. The zero-order chi connectivity index (χ0) is 24.8. The molecular weight excluding hydrogens is 543 g/mol. The van der Waals surface area contributed by atoms with Crippen molar-refractivity contribution in [1.82, 2.24) is 10.3 Å². The number of amides is 2. The van der Waals surface area contributed by atoms with Crippen LogP contribution in [0.5, 0.6) is 5.75 Å². The Morgan fingerprint density at radius 2 is 1.84 bits per heavy atom. The molecule has 2 aromatic heterocycles. The SMILES string of the molecule is CN[C@H]1CC[C@H](C(=O)Nc2c(C(=O)Nc3ccc(Cl)cn3)oc3cccc(OCCOC)c23)CC1.Cl.Cl. The number of hydrogen-bond acceptors (Lipinski definition) is 7. The molecule has 0 saturated heterocycles. The second kappa shape index (κ2) is 14.4. The molecule has 1 fully saturated rings. The number of nitrogens with zero attached hydrogens (tertiary/aromatic N) is 1. The Balaban J connectivity index is 0.00000241. The van der Waals surface area contributed by atoms with Gasteiger partial charge < -0.3 is 29.8 Å². The molecule has 9 nitrogen and oxygen atoms in total. The van der Waals surface area contributed by atoms with Gasteiger partial charge in [0.25, 0.3) is 5.91 Å². The number of benzene rings is 1. The fourth-order valence-electron chi connectivity index (χ4n) is 4.24. The van der Waals surface area contributed by atoms with Crippen LogP contribution >= 0.6 is 36.4 Å². The molecule has 12 heteroatoms. The van der Waals surface area contributed by atoms with Gasteiger partial charge in [-0.2, -0.15) is 0 Å². The molecule has 1 aromatic carbocycles. The number of methoxy groups -OCH3 is 1. The van der Waals surface area contributed by atoms with Crippen LogP contribution in [-0.2, 0) is 9.53 Å². The number of carbonyl (C=O) groups excluding carboxylic acids is 2.